The lowest BCUT2D eigenvalue weighted by atomic mass is 10.2. The summed E-state index contributed by atoms with van der Waals surface area (Å²) in [6.07, 6.45) is 1.70. The Morgan fingerprint density at radius 2 is 2.25 bits per heavy atom. The molecule has 0 saturated carbocycles. The zero-order chi connectivity index (χ0) is 14.1. The maximum Gasteiger partial charge on any atom is 0.352 e. The van der Waals surface area contributed by atoms with Crippen LogP contribution >= 0.6 is 34.9 Å². The second-order valence-electron chi connectivity index (χ2n) is 4.55. The number of thiazole rings is 1. The van der Waals surface area contributed by atoms with Crippen LogP contribution in [0.4, 0.5) is 0 Å². The van der Waals surface area contributed by atoms with Crippen LogP contribution in [0.15, 0.2) is 17.6 Å². The number of carboxylic acid groups (broad SMARTS) is 1. The fraction of sp³-hybridized carbons (Fsp3) is 0.385. The zero-order valence-electron chi connectivity index (χ0n) is 10.8. The molecule has 0 aliphatic carbocycles. The smallest absolute Gasteiger partial charge is 0.352 e. The molecule has 2 N–H and O–H groups in total. The van der Waals surface area contributed by atoms with Crippen molar-refractivity contribution in [3.8, 4) is 11.3 Å². The van der Waals surface area contributed by atoms with Gasteiger partial charge in [-0.2, -0.15) is 11.8 Å². The molecule has 0 spiro atoms. The van der Waals surface area contributed by atoms with E-state index in [9.17, 15) is 4.79 Å². The Kier molecular flexibility index (Phi) is 4.09. The molecule has 3 rings (SSSR count). The number of nitrogens with one attached hydrogen (secondary N) is 1. The Morgan fingerprint density at radius 3 is 2.95 bits per heavy atom. The first kappa shape index (κ1) is 14.0. The van der Waals surface area contributed by atoms with Crippen LogP contribution in [0.2, 0.25) is 0 Å². The summed E-state index contributed by atoms with van der Waals surface area (Å²) in [6.45, 7) is 2.25. The summed E-state index contributed by atoms with van der Waals surface area (Å²) in [6, 6.07) is 1.63. The maximum atomic E-state index is 10.9. The van der Waals surface area contributed by atoms with E-state index in [1.54, 1.807) is 23.6 Å². The van der Waals surface area contributed by atoms with Gasteiger partial charge in [-0.25, -0.2) is 9.78 Å². The minimum absolute atomic E-state index is 0.200. The molecule has 1 fully saturated rings. The van der Waals surface area contributed by atoms with Gasteiger partial charge in [-0.1, -0.05) is 6.92 Å². The molecule has 106 valence electrons. The average molecular weight is 326 g/mol. The molecule has 0 bridgehead atoms. The van der Waals surface area contributed by atoms with Crippen LogP contribution in [0.1, 0.15) is 27.7 Å². The van der Waals surface area contributed by atoms with Gasteiger partial charge in [0.2, 0.25) is 0 Å². The minimum Gasteiger partial charge on any atom is -0.477 e. The van der Waals surface area contributed by atoms with Crippen molar-refractivity contribution in [1.82, 2.24) is 9.97 Å². The number of hydrogen-bond donors (Lipinski definition) is 2. The highest BCUT2D eigenvalue weighted by molar-refractivity contribution is 8.06. The number of aromatic carboxylic acids is 1. The number of H-pyrrole nitrogens is 1. The first-order chi connectivity index (χ1) is 9.65. The van der Waals surface area contributed by atoms with E-state index in [0.29, 0.717) is 10.5 Å². The van der Waals surface area contributed by atoms with Gasteiger partial charge in [0.1, 0.15) is 10.7 Å². The Bertz CT molecular complexity index is 623. The Hall–Kier alpha value is -0.920. The number of nitrogens with zero attached hydrogens (tertiary/aromatic N) is 1. The molecule has 1 aliphatic heterocycles. The van der Waals surface area contributed by atoms with Crippen molar-refractivity contribution in [3.63, 3.8) is 0 Å². The van der Waals surface area contributed by atoms with Crippen LogP contribution in [-0.2, 0) is 0 Å². The van der Waals surface area contributed by atoms with Gasteiger partial charge in [0.15, 0.2) is 0 Å². The Morgan fingerprint density at radius 1 is 1.45 bits per heavy atom. The van der Waals surface area contributed by atoms with E-state index < -0.39 is 5.97 Å². The van der Waals surface area contributed by atoms with Crippen molar-refractivity contribution in [3.05, 3.63) is 28.3 Å². The quantitative estimate of drug-likeness (QED) is 0.899. The summed E-state index contributed by atoms with van der Waals surface area (Å²) in [5.41, 5.74) is 1.90. The Labute approximate surface area is 129 Å². The van der Waals surface area contributed by atoms with Gasteiger partial charge >= 0.3 is 5.97 Å². The minimum atomic E-state index is -0.945. The van der Waals surface area contributed by atoms with Crippen LogP contribution in [0, 0.1) is 0 Å². The number of rotatable bonds is 3. The van der Waals surface area contributed by atoms with E-state index in [1.807, 2.05) is 28.9 Å². The van der Waals surface area contributed by atoms with E-state index in [-0.39, 0.29) is 5.69 Å². The van der Waals surface area contributed by atoms with Gasteiger partial charge in [-0.05, 0) is 6.07 Å². The number of thioether (sulfide) groups is 2. The largest absolute Gasteiger partial charge is 0.477 e. The van der Waals surface area contributed by atoms with Crippen LogP contribution in [0.3, 0.4) is 0 Å². The number of aromatic nitrogens is 2. The molecular formula is C13H14N2O2S3. The highest BCUT2D eigenvalue weighted by Gasteiger charge is 2.26. The van der Waals surface area contributed by atoms with Gasteiger partial charge in [0.25, 0.3) is 0 Å². The number of hydrogen-bond acceptors (Lipinski definition) is 5. The number of carboxylic acids is 1. The summed E-state index contributed by atoms with van der Waals surface area (Å²) in [5.74, 6) is 1.43. The third-order valence-electron chi connectivity index (χ3n) is 3.16. The van der Waals surface area contributed by atoms with E-state index in [0.717, 1.165) is 16.3 Å². The summed E-state index contributed by atoms with van der Waals surface area (Å²) < 4.78 is 0. The topological polar surface area (TPSA) is 66.0 Å². The van der Waals surface area contributed by atoms with Gasteiger partial charge in [-0.3, -0.25) is 0 Å². The number of carbonyl (C=O) groups is 1. The molecule has 2 atom stereocenters. The first-order valence-electron chi connectivity index (χ1n) is 6.26. The van der Waals surface area contributed by atoms with Crippen LogP contribution in [-0.4, -0.2) is 37.8 Å². The van der Waals surface area contributed by atoms with Gasteiger partial charge < -0.3 is 10.1 Å². The number of aromatic amines is 1. The highest BCUT2D eigenvalue weighted by atomic mass is 32.2. The molecule has 0 amide bonds. The van der Waals surface area contributed by atoms with Crippen LogP contribution < -0.4 is 0 Å². The summed E-state index contributed by atoms with van der Waals surface area (Å²) in [4.78, 5) is 18.3. The second kappa shape index (κ2) is 5.83. The van der Waals surface area contributed by atoms with Gasteiger partial charge in [-0.15, -0.1) is 23.1 Å². The van der Waals surface area contributed by atoms with Crippen LogP contribution in [0.5, 0.6) is 0 Å². The molecule has 2 aromatic rings. The lowest BCUT2D eigenvalue weighted by molar-refractivity contribution is 0.0691. The van der Waals surface area contributed by atoms with E-state index in [2.05, 4.69) is 11.9 Å². The lowest BCUT2D eigenvalue weighted by Crippen LogP contribution is -2.15. The first-order valence-corrected chi connectivity index (χ1v) is 9.23. The second-order valence-corrected chi connectivity index (χ2v) is 8.17. The predicted molar refractivity (Wildman–Crippen MR) is 86.0 cm³/mol. The summed E-state index contributed by atoms with van der Waals surface area (Å²) >= 11 is 5.63. The summed E-state index contributed by atoms with van der Waals surface area (Å²) in [7, 11) is 0. The molecule has 1 saturated heterocycles. The molecule has 2 unspecified atom stereocenters. The fourth-order valence-corrected chi connectivity index (χ4v) is 6.12. The molecule has 2 aromatic heterocycles. The van der Waals surface area contributed by atoms with E-state index in [4.69, 9.17) is 10.1 Å². The predicted octanol–water partition coefficient (Wildman–Crippen LogP) is 3.75. The van der Waals surface area contributed by atoms with E-state index in [1.165, 1.54) is 11.5 Å². The monoisotopic (exact) mass is 326 g/mol. The maximum absolute atomic E-state index is 10.9. The van der Waals surface area contributed by atoms with E-state index >= 15 is 0 Å². The molecule has 4 nitrogen and oxygen atoms in total. The van der Waals surface area contributed by atoms with Crippen molar-refractivity contribution in [1.29, 1.82) is 0 Å². The van der Waals surface area contributed by atoms with Crippen molar-refractivity contribution < 1.29 is 9.90 Å². The van der Waals surface area contributed by atoms with Gasteiger partial charge in [0, 0.05) is 33.9 Å². The highest BCUT2D eigenvalue weighted by Crippen LogP contribution is 2.44. The van der Waals surface area contributed by atoms with Crippen molar-refractivity contribution >= 4 is 40.8 Å². The summed E-state index contributed by atoms with van der Waals surface area (Å²) in [5, 5.41) is 13.1. The molecule has 1 aliphatic rings. The molecule has 20 heavy (non-hydrogen) atoms. The van der Waals surface area contributed by atoms with Crippen molar-refractivity contribution in [2.24, 2.45) is 0 Å². The van der Waals surface area contributed by atoms with Crippen molar-refractivity contribution in [2.45, 2.75) is 17.4 Å². The zero-order valence-corrected chi connectivity index (χ0v) is 13.3. The molecule has 0 aromatic carbocycles. The normalized spacial score (nSPS) is 22.9. The molecule has 7 heteroatoms. The van der Waals surface area contributed by atoms with Crippen molar-refractivity contribution in [2.75, 3.05) is 11.5 Å². The Balaban J connectivity index is 1.83. The molecule has 0 radical (unpaired) electrons. The van der Waals surface area contributed by atoms with Crippen LogP contribution in [0.25, 0.3) is 11.3 Å². The third-order valence-corrected chi connectivity index (χ3v) is 7.34. The standard InChI is InChI=1S/C13H14N2O2S3/c1-7-11(19-3-2-18-7)12-15-10(6-20-12)8-4-9(13(16)17)14-5-8/h4-7,11,14H,2-3H2,1H3,(H,16,17). The third kappa shape index (κ3) is 2.75. The molecular weight excluding hydrogens is 312 g/mol. The fourth-order valence-electron chi connectivity index (χ4n) is 2.12. The van der Waals surface area contributed by atoms with Gasteiger partial charge in [0.05, 0.1) is 10.9 Å². The lowest BCUT2D eigenvalue weighted by Gasteiger charge is -2.25. The molecule has 3 heterocycles. The SMILES string of the molecule is CC1SCCSC1c1nc(-c2c[nH]c(C(=O)O)c2)cs1. The average Bonchev–Trinajstić information content (AvgIpc) is 3.08.